The Bertz CT molecular complexity index is 760. The minimum absolute atomic E-state index is 0.0210. The molecule has 0 atom stereocenters. The van der Waals surface area contributed by atoms with E-state index in [-0.39, 0.29) is 6.03 Å². The fraction of sp³-hybridized carbons (Fsp3) is 0.550. The van der Waals surface area contributed by atoms with E-state index < -0.39 is 0 Å². The van der Waals surface area contributed by atoms with Crippen LogP contribution in [0.15, 0.2) is 30.3 Å². The lowest BCUT2D eigenvalue weighted by molar-refractivity contribution is 0.193. The number of hydrogen-bond acceptors (Lipinski definition) is 4. The average molecular weight is 368 g/mol. The minimum Gasteiger partial charge on any atom is -0.324 e. The van der Waals surface area contributed by atoms with Crippen LogP contribution in [-0.2, 0) is 13.6 Å². The van der Waals surface area contributed by atoms with Crippen LogP contribution in [0.25, 0.3) is 0 Å². The van der Waals surface area contributed by atoms with Gasteiger partial charge in [0.05, 0.1) is 6.54 Å². The van der Waals surface area contributed by atoms with E-state index in [1.807, 2.05) is 35.2 Å². The number of carbonyl (C=O) groups is 1. The van der Waals surface area contributed by atoms with Gasteiger partial charge in [-0.25, -0.2) is 4.79 Å². The van der Waals surface area contributed by atoms with Gasteiger partial charge >= 0.3 is 6.03 Å². The van der Waals surface area contributed by atoms with Gasteiger partial charge in [-0.05, 0) is 50.9 Å². The lowest BCUT2D eigenvalue weighted by Gasteiger charge is -2.31. The highest BCUT2D eigenvalue weighted by atomic mass is 16.2. The van der Waals surface area contributed by atoms with Crippen LogP contribution in [0.1, 0.15) is 43.3 Å². The smallest absolute Gasteiger partial charge is 0.321 e. The van der Waals surface area contributed by atoms with E-state index >= 15 is 0 Å². The van der Waals surface area contributed by atoms with Crippen molar-refractivity contribution in [3.8, 4) is 0 Å². The van der Waals surface area contributed by atoms with Crippen LogP contribution in [0.2, 0.25) is 0 Å². The van der Waals surface area contributed by atoms with Crippen molar-refractivity contribution in [3.63, 3.8) is 0 Å². The van der Waals surface area contributed by atoms with Crippen molar-refractivity contribution in [2.24, 2.45) is 7.05 Å². The number of rotatable bonds is 4. The van der Waals surface area contributed by atoms with Gasteiger partial charge in [0.2, 0.25) is 0 Å². The first-order valence-electron chi connectivity index (χ1n) is 9.92. The number of nitrogens with one attached hydrogen (secondary N) is 1. The Hall–Kier alpha value is -2.41. The monoisotopic (exact) mass is 368 g/mol. The van der Waals surface area contributed by atoms with Crippen molar-refractivity contribution in [1.29, 1.82) is 0 Å². The highest BCUT2D eigenvalue weighted by Gasteiger charge is 2.28. The van der Waals surface area contributed by atoms with E-state index in [0.29, 0.717) is 5.92 Å². The van der Waals surface area contributed by atoms with Crippen molar-refractivity contribution < 1.29 is 4.79 Å². The van der Waals surface area contributed by atoms with Crippen molar-refractivity contribution in [1.82, 2.24) is 24.6 Å². The Morgan fingerprint density at radius 3 is 2.48 bits per heavy atom. The topological polar surface area (TPSA) is 66.3 Å². The SMILES string of the molecule is Cn1c(CN2CCCC2)nnc1C1CCN(C(=O)Nc2ccccc2)CC1. The van der Waals surface area contributed by atoms with Gasteiger partial charge in [-0.2, -0.15) is 0 Å². The molecule has 1 aromatic carbocycles. The van der Waals surface area contributed by atoms with Crippen molar-refractivity contribution in [3.05, 3.63) is 42.0 Å². The molecule has 3 heterocycles. The average Bonchev–Trinajstić information content (AvgIpc) is 3.34. The summed E-state index contributed by atoms with van der Waals surface area (Å²) < 4.78 is 2.17. The Kier molecular flexibility index (Phi) is 5.38. The Morgan fingerprint density at radius 2 is 1.78 bits per heavy atom. The first kappa shape index (κ1) is 18.0. The lowest BCUT2D eigenvalue weighted by Crippen LogP contribution is -2.40. The van der Waals surface area contributed by atoms with E-state index in [9.17, 15) is 4.79 Å². The fourth-order valence-corrected chi connectivity index (χ4v) is 4.07. The van der Waals surface area contributed by atoms with E-state index in [0.717, 1.165) is 62.9 Å². The van der Waals surface area contributed by atoms with Crippen molar-refractivity contribution in [2.45, 2.75) is 38.1 Å². The Balaban J connectivity index is 1.32. The summed E-state index contributed by atoms with van der Waals surface area (Å²) in [4.78, 5) is 16.8. The fourth-order valence-electron chi connectivity index (χ4n) is 4.07. The molecule has 7 nitrogen and oxygen atoms in total. The second kappa shape index (κ2) is 8.08. The van der Waals surface area contributed by atoms with Crippen LogP contribution < -0.4 is 5.32 Å². The minimum atomic E-state index is -0.0210. The maximum atomic E-state index is 12.5. The van der Waals surface area contributed by atoms with Crippen LogP contribution in [0, 0.1) is 0 Å². The molecule has 27 heavy (non-hydrogen) atoms. The molecule has 2 aliphatic rings. The molecule has 1 N–H and O–H groups in total. The van der Waals surface area contributed by atoms with Crippen LogP contribution in [0.4, 0.5) is 10.5 Å². The van der Waals surface area contributed by atoms with Gasteiger partial charge < -0.3 is 14.8 Å². The molecule has 4 rings (SSSR count). The summed E-state index contributed by atoms with van der Waals surface area (Å²) in [5.41, 5.74) is 0.837. The Morgan fingerprint density at radius 1 is 1.07 bits per heavy atom. The first-order valence-corrected chi connectivity index (χ1v) is 9.92. The largest absolute Gasteiger partial charge is 0.324 e. The number of para-hydroxylation sites is 1. The summed E-state index contributed by atoms with van der Waals surface area (Å²) in [5, 5.41) is 11.9. The molecule has 1 aromatic heterocycles. The summed E-state index contributed by atoms with van der Waals surface area (Å²) in [6.45, 7) is 4.71. The summed E-state index contributed by atoms with van der Waals surface area (Å²) in [5.74, 6) is 2.49. The van der Waals surface area contributed by atoms with Crippen LogP contribution >= 0.6 is 0 Å². The molecule has 2 aliphatic heterocycles. The van der Waals surface area contributed by atoms with Gasteiger partial charge in [0.15, 0.2) is 0 Å². The van der Waals surface area contributed by atoms with Gasteiger partial charge in [-0.1, -0.05) is 18.2 Å². The second-order valence-corrected chi connectivity index (χ2v) is 7.57. The van der Waals surface area contributed by atoms with E-state index in [4.69, 9.17) is 0 Å². The number of amides is 2. The van der Waals surface area contributed by atoms with Gasteiger partial charge in [-0.15, -0.1) is 10.2 Å². The zero-order chi connectivity index (χ0) is 18.6. The number of benzene rings is 1. The number of hydrogen-bond donors (Lipinski definition) is 1. The number of aromatic nitrogens is 3. The molecule has 0 spiro atoms. The molecule has 144 valence electrons. The predicted molar refractivity (Wildman–Crippen MR) is 105 cm³/mol. The number of likely N-dealkylation sites (tertiary alicyclic amines) is 2. The van der Waals surface area contributed by atoms with Crippen molar-refractivity contribution >= 4 is 11.7 Å². The molecule has 2 fully saturated rings. The number of anilines is 1. The van der Waals surface area contributed by atoms with E-state index in [1.54, 1.807) is 0 Å². The third kappa shape index (κ3) is 4.13. The van der Waals surface area contributed by atoms with Gasteiger partial charge in [0.25, 0.3) is 0 Å². The number of urea groups is 1. The molecular formula is C20H28N6O. The predicted octanol–water partition coefficient (Wildman–Crippen LogP) is 2.82. The zero-order valence-electron chi connectivity index (χ0n) is 16.0. The molecule has 0 radical (unpaired) electrons. The van der Waals surface area contributed by atoms with Crippen LogP contribution in [0.3, 0.4) is 0 Å². The summed E-state index contributed by atoms with van der Waals surface area (Å²) in [6.07, 6.45) is 4.43. The summed E-state index contributed by atoms with van der Waals surface area (Å²) >= 11 is 0. The molecule has 0 unspecified atom stereocenters. The normalized spacial score (nSPS) is 18.8. The summed E-state index contributed by atoms with van der Waals surface area (Å²) in [6, 6.07) is 9.59. The maximum Gasteiger partial charge on any atom is 0.321 e. The molecule has 2 saturated heterocycles. The maximum absolute atomic E-state index is 12.5. The highest BCUT2D eigenvalue weighted by Crippen LogP contribution is 2.27. The zero-order valence-corrected chi connectivity index (χ0v) is 16.0. The molecule has 0 bridgehead atoms. The number of piperidine rings is 1. The molecule has 2 amide bonds. The van der Waals surface area contributed by atoms with E-state index in [2.05, 4.69) is 32.0 Å². The molecule has 2 aromatic rings. The second-order valence-electron chi connectivity index (χ2n) is 7.57. The highest BCUT2D eigenvalue weighted by molar-refractivity contribution is 5.89. The van der Waals surface area contributed by atoms with Gasteiger partial charge in [-0.3, -0.25) is 4.90 Å². The lowest BCUT2D eigenvalue weighted by atomic mass is 9.96. The van der Waals surface area contributed by atoms with Crippen LogP contribution in [0.5, 0.6) is 0 Å². The van der Waals surface area contributed by atoms with Crippen LogP contribution in [-0.4, -0.2) is 56.8 Å². The quantitative estimate of drug-likeness (QED) is 0.901. The number of carbonyl (C=O) groups excluding carboxylic acids is 1. The van der Waals surface area contributed by atoms with Gasteiger partial charge in [0, 0.05) is 31.7 Å². The molecule has 0 saturated carbocycles. The van der Waals surface area contributed by atoms with Crippen molar-refractivity contribution in [2.75, 3.05) is 31.5 Å². The number of nitrogens with zero attached hydrogens (tertiary/aromatic N) is 5. The van der Waals surface area contributed by atoms with Gasteiger partial charge in [0.1, 0.15) is 11.6 Å². The Labute approximate surface area is 160 Å². The molecular weight excluding hydrogens is 340 g/mol. The first-order chi connectivity index (χ1) is 13.2. The third-order valence-corrected chi connectivity index (χ3v) is 5.73. The molecule has 7 heteroatoms. The molecule has 0 aliphatic carbocycles. The summed E-state index contributed by atoms with van der Waals surface area (Å²) in [7, 11) is 2.08. The van der Waals surface area contributed by atoms with E-state index in [1.165, 1.54) is 12.8 Å². The third-order valence-electron chi connectivity index (χ3n) is 5.73. The standard InChI is InChI=1S/C20H28N6O/c1-24-18(15-25-11-5-6-12-25)22-23-19(24)16-9-13-26(14-10-16)20(27)21-17-7-3-2-4-8-17/h2-4,7-8,16H,5-6,9-15H2,1H3,(H,21,27).